The number of rotatable bonds is 5. The number of amides is 2. The fraction of sp³-hybridized carbons (Fsp3) is 0.333. The molecule has 2 heterocycles. The molecular formula is C21H24N6O2. The summed E-state index contributed by atoms with van der Waals surface area (Å²) in [5, 5.41) is 13.8. The van der Waals surface area contributed by atoms with Gasteiger partial charge in [-0.1, -0.05) is 17.7 Å². The molecule has 1 atom stereocenters. The van der Waals surface area contributed by atoms with Gasteiger partial charge in [0.1, 0.15) is 0 Å². The van der Waals surface area contributed by atoms with Crippen molar-refractivity contribution in [3.8, 4) is 5.69 Å². The third-order valence-electron chi connectivity index (χ3n) is 5.19. The molecule has 1 saturated carbocycles. The minimum absolute atomic E-state index is 0.295. The van der Waals surface area contributed by atoms with Crippen molar-refractivity contribution in [3.05, 3.63) is 54.0 Å². The monoisotopic (exact) mass is 392 g/mol. The summed E-state index contributed by atoms with van der Waals surface area (Å²) in [5.41, 5.74) is 3.38. The van der Waals surface area contributed by atoms with Gasteiger partial charge in [0.25, 0.3) is 0 Å². The lowest BCUT2D eigenvalue weighted by Gasteiger charge is -2.09. The van der Waals surface area contributed by atoms with Crippen molar-refractivity contribution >= 4 is 23.3 Å². The molecule has 150 valence electrons. The maximum Gasteiger partial charge on any atom is 0.315 e. The number of nitrogens with one attached hydrogen (secondary N) is 2. The number of anilines is 2. The van der Waals surface area contributed by atoms with E-state index in [1.54, 1.807) is 23.1 Å². The van der Waals surface area contributed by atoms with Crippen LogP contribution in [-0.4, -0.2) is 31.4 Å². The van der Waals surface area contributed by atoms with Crippen molar-refractivity contribution in [1.29, 1.82) is 0 Å². The Kier molecular flexibility index (Phi) is 4.92. The van der Waals surface area contributed by atoms with Crippen LogP contribution in [0.4, 0.5) is 11.5 Å². The van der Waals surface area contributed by atoms with Gasteiger partial charge < -0.3 is 10.6 Å². The van der Waals surface area contributed by atoms with Crippen LogP contribution in [0.2, 0.25) is 0 Å². The van der Waals surface area contributed by atoms with Gasteiger partial charge in [-0.3, -0.25) is 14.3 Å². The van der Waals surface area contributed by atoms with E-state index in [9.17, 15) is 9.59 Å². The highest BCUT2D eigenvalue weighted by Gasteiger charge is 2.29. The lowest BCUT2D eigenvalue weighted by molar-refractivity contribution is -0.133. The van der Waals surface area contributed by atoms with E-state index < -0.39 is 11.8 Å². The summed E-state index contributed by atoms with van der Waals surface area (Å²) in [7, 11) is 0. The van der Waals surface area contributed by atoms with Gasteiger partial charge in [-0.15, -0.1) is 5.10 Å². The highest BCUT2D eigenvalue weighted by atomic mass is 16.2. The van der Waals surface area contributed by atoms with Gasteiger partial charge >= 0.3 is 11.8 Å². The normalized spacial score (nSPS) is 14.4. The Morgan fingerprint density at radius 2 is 1.79 bits per heavy atom. The molecule has 3 aromatic rings. The van der Waals surface area contributed by atoms with Gasteiger partial charge in [-0.05, 0) is 51.7 Å². The first kappa shape index (κ1) is 18.9. The molecule has 2 aromatic heterocycles. The van der Waals surface area contributed by atoms with E-state index in [0.29, 0.717) is 23.5 Å². The lowest BCUT2D eigenvalue weighted by Crippen LogP contribution is -2.29. The van der Waals surface area contributed by atoms with Crippen LogP contribution < -0.4 is 10.6 Å². The van der Waals surface area contributed by atoms with Crippen molar-refractivity contribution in [3.63, 3.8) is 0 Å². The lowest BCUT2D eigenvalue weighted by atomic mass is 10.2. The Morgan fingerprint density at radius 1 is 1.10 bits per heavy atom. The topological polar surface area (TPSA) is 93.8 Å². The molecule has 0 unspecified atom stereocenters. The molecule has 2 N–H and O–H groups in total. The summed E-state index contributed by atoms with van der Waals surface area (Å²) < 4.78 is 3.55. The molecule has 0 radical (unpaired) electrons. The molecule has 0 spiro atoms. The molecule has 8 heteroatoms. The van der Waals surface area contributed by atoms with Crippen LogP contribution in [0.3, 0.4) is 0 Å². The number of benzene rings is 1. The van der Waals surface area contributed by atoms with Gasteiger partial charge in [-0.2, -0.15) is 5.10 Å². The van der Waals surface area contributed by atoms with Crippen molar-refractivity contribution in [2.24, 2.45) is 5.92 Å². The first-order chi connectivity index (χ1) is 13.9. The number of nitrogens with zero attached hydrogens (tertiary/aromatic N) is 4. The number of hydrogen-bond acceptors (Lipinski definition) is 4. The van der Waals surface area contributed by atoms with Gasteiger partial charge in [0.05, 0.1) is 23.6 Å². The molecule has 4 rings (SSSR count). The van der Waals surface area contributed by atoms with Crippen molar-refractivity contribution in [2.45, 2.75) is 39.7 Å². The molecule has 1 aliphatic rings. The Bertz CT molecular complexity index is 1050. The summed E-state index contributed by atoms with van der Waals surface area (Å²) >= 11 is 0. The van der Waals surface area contributed by atoms with Gasteiger partial charge in [0, 0.05) is 18.0 Å². The Balaban J connectivity index is 1.39. The second-order valence-electron chi connectivity index (χ2n) is 7.61. The van der Waals surface area contributed by atoms with Gasteiger partial charge in [0.15, 0.2) is 5.82 Å². The summed E-state index contributed by atoms with van der Waals surface area (Å²) in [6, 6.07) is 9.91. The van der Waals surface area contributed by atoms with Crippen LogP contribution in [0.25, 0.3) is 5.69 Å². The highest BCUT2D eigenvalue weighted by Crippen LogP contribution is 2.39. The molecule has 2 amide bonds. The number of aromatic nitrogens is 4. The third kappa shape index (κ3) is 4.21. The standard InChI is InChI=1S/C21H24N6O2/c1-13-4-8-18(9-5-13)27-14(2)10-19(25-27)24-21(29)20(28)23-17-11-22-26(12-17)15(3)16-6-7-16/h4-5,8-12,15-16H,6-7H2,1-3H3,(H,23,28)(H,24,25,29)/t15-/m1/s1. The zero-order valence-corrected chi connectivity index (χ0v) is 16.7. The Morgan fingerprint density at radius 3 is 2.48 bits per heavy atom. The maximum absolute atomic E-state index is 12.3. The number of carbonyl (C=O) groups excluding carboxylic acids is 2. The first-order valence-electron chi connectivity index (χ1n) is 9.71. The predicted molar refractivity (Wildman–Crippen MR) is 110 cm³/mol. The summed E-state index contributed by atoms with van der Waals surface area (Å²) in [5.74, 6) is -0.567. The first-order valence-corrected chi connectivity index (χ1v) is 9.71. The van der Waals surface area contributed by atoms with E-state index in [2.05, 4.69) is 27.8 Å². The molecule has 0 aliphatic heterocycles. The van der Waals surface area contributed by atoms with Crippen LogP contribution in [0.15, 0.2) is 42.7 Å². The number of hydrogen-bond donors (Lipinski definition) is 2. The predicted octanol–water partition coefficient (Wildman–Crippen LogP) is 3.23. The van der Waals surface area contributed by atoms with E-state index >= 15 is 0 Å². The van der Waals surface area contributed by atoms with Gasteiger partial charge in [0.2, 0.25) is 0 Å². The number of carbonyl (C=O) groups is 2. The minimum Gasteiger partial charge on any atom is -0.315 e. The van der Waals surface area contributed by atoms with Crippen molar-refractivity contribution in [2.75, 3.05) is 10.6 Å². The van der Waals surface area contributed by atoms with E-state index in [1.807, 2.05) is 42.8 Å². The third-order valence-corrected chi connectivity index (χ3v) is 5.19. The minimum atomic E-state index is -0.776. The van der Waals surface area contributed by atoms with E-state index in [-0.39, 0.29) is 0 Å². The largest absolute Gasteiger partial charge is 0.315 e. The zero-order valence-electron chi connectivity index (χ0n) is 16.7. The van der Waals surface area contributed by atoms with E-state index in [0.717, 1.165) is 16.9 Å². The quantitative estimate of drug-likeness (QED) is 0.652. The van der Waals surface area contributed by atoms with Crippen molar-refractivity contribution < 1.29 is 9.59 Å². The van der Waals surface area contributed by atoms with Crippen LogP contribution in [0.1, 0.15) is 37.1 Å². The summed E-state index contributed by atoms with van der Waals surface area (Å²) in [4.78, 5) is 24.5. The molecular weight excluding hydrogens is 368 g/mol. The molecule has 0 bridgehead atoms. The summed E-state index contributed by atoms with van der Waals surface area (Å²) in [6.07, 6.45) is 5.73. The average molecular weight is 392 g/mol. The SMILES string of the molecule is Cc1ccc(-n2nc(NC(=O)C(=O)Nc3cnn([C@H](C)C4CC4)c3)cc2C)cc1. The molecule has 0 saturated heterocycles. The van der Waals surface area contributed by atoms with Crippen LogP contribution in [-0.2, 0) is 9.59 Å². The fourth-order valence-corrected chi connectivity index (χ4v) is 3.26. The molecule has 1 fully saturated rings. The molecule has 1 aromatic carbocycles. The Hall–Kier alpha value is -3.42. The van der Waals surface area contributed by atoms with Crippen molar-refractivity contribution in [1.82, 2.24) is 19.6 Å². The summed E-state index contributed by atoms with van der Waals surface area (Å²) in [6.45, 7) is 6.01. The van der Waals surface area contributed by atoms with E-state index in [1.165, 1.54) is 12.8 Å². The van der Waals surface area contributed by atoms with Crippen LogP contribution >= 0.6 is 0 Å². The number of aryl methyl sites for hydroxylation is 2. The smallest absolute Gasteiger partial charge is 0.315 e. The van der Waals surface area contributed by atoms with Gasteiger partial charge in [-0.25, -0.2) is 4.68 Å². The second kappa shape index (κ2) is 7.54. The average Bonchev–Trinajstić information content (AvgIpc) is 3.34. The van der Waals surface area contributed by atoms with Crippen LogP contribution in [0.5, 0.6) is 0 Å². The Labute approximate surface area is 168 Å². The van der Waals surface area contributed by atoms with E-state index in [4.69, 9.17) is 0 Å². The highest BCUT2D eigenvalue weighted by molar-refractivity contribution is 6.43. The molecule has 1 aliphatic carbocycles. The van der Waals surface area contributed by atoms with Crippen LogP contribution in [0, 0.1) is 19.8 Å². The fourth-order valence-electron chi connectivity index (χ4n) is 3.26. The maximum atomic E-state index is 12.3. The second-order valence-corrected chi connectivity index (χ2v) is 7.61. The zero-order chi connectivity index (χ0) is 20.5. The molecule has 8 nitrogen and oxygen atoms in total. The molecule has 29 heavy (non-hydrogen) atoms.